The van der Waals surface area contributed by atoms with Gasteiger partial charge in [-0.25, -0.2) is 14.2 Å². The van der Waals surface area contributed by atoms with Crippen LogP contribution in [0, 0.1) is 17.1 Å². The Bertz CT molecular complexity index is 1230. The van der Waals surface area contributed by atoms with Crippen molar-refractivity contribution in [3.63, 3.8) is 0 Å². The number of pyridine rings is 1. The lowest BCUT2D eigenvalue weighted by Crippen LogP contribution is -2.39. The molecular formula is C22H20ClFN4O2S. The zero-order chi connectivity index (χ0) is 22.3. The largest absolute Gasteiger partial charge is 0.444 e. The number of halogens is 2. The number of nitrogens with zero attached hydrogens (tertiary/aromatic N) is 3. The Hall–Kier alpha value is -2.89. The fourth-order valence-corrected chi connectivity index (χ4v) is 4.87. The highest BCUT2D eigenvalue weighted by Crippen LogP contribution is 2.41. The molecule has 0 bridgehead atoms. The van der Waals surface area contributed by atoms with Crippen molar-refractivity contribution >= 4 is 50.6 Å². The number of hydrogen-bond acceptors (Lipinski definition) is 6. The molecule has 1 N–H and O–H groups in total. The average molecular weight is 459 g/mol. The lowest BCUT2D eigenvalue weighted by Gasteiger charge is -2.30. The number of fused-ring (bicyclic) bond motifs is 3. The first-order valence-corrected chi connectivity index (χ1v) is 10.9. The molecule has 0 atom stereocenters. The first kappa shape index (κ1) is 21.3. The molecule has 3 aromatic rings. The van der Waals surface area contributed by atoms with Crippen molar-refractivity contribution in [2.75, 3.05) is 11.9 Å². The molecule has 1 aliphatic rings. The van der Waals surface area contributed by atoms with E-state index < -0.39 is 11.4 Å². The summed E-state index contributed by atoms with van der Waals surface area (Å²) in [5, 5.41) is 13.7. The molecule has 160 valence electrons. The Morgan fingerprint density at radius 3 is 2.87 bits per heavy atom. The van der Waals surface area contributed by atoms with Crippen LogP contribution >= 0.6 is 22.9 Å². The molecule has 2 aromatic heterocycles. The van der Waals surface area contributed by atoms with E-state index >= 15 is 0 Å². The SMILES string of the molecule is CC(C)(C)OC(=O)N1CCc2c(sc3ncc(C#N)c(Nc4ccc(F)c(Cl)c4)c23)C1. The van der Waals surface area contributed by atoms with Crippen LogP contribution in [-0.4, -0.2) is 28.1 Å². The predicted molar refractivity (Wildman–Crippen MR) is 119 cm³/mol. The molecule has 0 fully saturated rings. The molecule has 4 rings (SSSR count). The maximum Gasteiger partial charge on any atom is 0.410 e. The van der Waals surface area contributed by atoms with Crippen LogP contribution in [0.15, 0.2) is 24.4 Å². The molecule has 6 nitrogen and oxygen atoms in total. The van der Waals surface area contributed by atoms with E-state index in [0.29, 0.717) is 36.4 Å². The van der Waals surface area contributed by atoms with E-state index in [0.717, 1.165) is 20.7 Å². The van der Waals surface area contributed by atoms with Crippen LogP contribution in [0.2, 0.25) is 5.02 Å². The number of ether oxygens (including phenoxy) is 1. The predicted octanol–water partition coefficient (Wildman–Crippen LogP) is 6.00. The van der Waals surface area contributed by atoms with Gasteiger partial charge in [-0.05, 0) is 51.0 Å². The smallest absolute Gasteiger partial charge is 0.410 e. The second-order valence-electron chi connectivity index (χ2n) is 8.25. The quantitative estimate of drug-likeness (QED) is 0.509. The lowest BCUT2D eigenvalue weighted by atomic mass is 10.0. The number of amides is 1. The minimum atomic E-state index is -0.561. The number of rotatable bonds is 2. The van der Waals surface area contributed by atoms with Gasteiger partial charge in [-0.3, -0.25) is 0 Å². The number of hydrogen-bond donors (Lipinski definition) is 1. The van der Waals surface area contributed by atoms with Gasteiger partial charge in [-0.2, -0.15) is 5.26 Å². The number of anilines is 2. The summed E-state index contributed by atoms with van der Waals surface area (Å²) in [4.78, 5) is 20.4. The first-order valence-electron chi connectivity index (χ1n) is 9.69. The maximum absolute atomic E-state index is 13.6. The monoisotopic (exact) mass is 458 g/mol. The molecule has 0 unspecified atom stereocenters. The summed E-state index contributed by atoms with van der Waals surface area (Å²) in [6.07, 6.45) is 1.79. The molecule has 31 heavy (non-hydrogen) atoms. The molecular weight excluding hydrogens is 439 g/mol. The maximum atomic E-state index is 13.6. The summed E-state index contributed by atoms with van der Waals surface area (Å²) in [7, 11) is 0. The molecule has 0 saturated heterocycles. The Balaban J connectivity index is 1.73. The summed E-state index contributed by atoms with van der Waals surface area (Å²) < 4.78 is 19.1. The number of carbonyl (C=O) groups excluding carboxylic acids is 1. The molecule has 0 radical (unpaired) electrons. The van der Waals surface area contributed by atoms with E-state index in [1.807, 2.05) is 20.8 Å². The number of aromatic nitrogens is 1. The Morgan fingerprint density at radius 2 is 2.19 bits per heavy atom. The molecule has 9 heteroatoms. The van der Waals surface area contributed by atoms with Crippen molar-refractivity contribution in [2.45, 2.75) is 39.3 Å². The third kappa shape index (κ3) is 4.29. The lowest BCUT2D eigenvalue weighted by molar-refractivity contribution is 0.0227. The normalized spacial score (nSPS) is 13.6. The highest BCUT2D eigenvalue weighted by molar-refractivity contribution is 7.19. The molecule has 3 heterocycles. The summed E-state index contributed by atoms with van der Waals surface area (Å²) in [5.41, 5.74) is 2.05. The van der Waals surface area contributed by atoms with Crippen molar-refractivity contribution in [2.24, 2.45) is 0 Å². The third-order valence-electron chi connectivity index (χ3n) is 4.83. The van der Waals surface area contributed by atoms with Crippen molar-refractivity contribution in [1.29, 1.82) is 5.26 Å². The van der Waals surface area contributed by atoms with Crippen LogP contribution in [-0.2, 0) is 17.7 Å². The standard InChI is InChI=1S/C22H20ClFN4O2S/c1-22(2,3)30-21(29)28-7-6-14-17(11-28)31-20-18(14)19(12(9-25)10-26-20)27-13-4-5-16(24)15(23)8-13/h4-5,8,10H,6-7,11H2,1-3H3,(H,26,27). The van der Waals surface area contributed by atoms with Crippen molar-refractivity contribution in [3.05, 3.63) is 51.2 Å². The minimum Gasteiger partial charge on any atom is -0.444 e. The molecule has 1 aliphatic heterocycles. The van der Waals surface area contributed by atoms with E-state index in [4.69, 9.17) is 16.3 Å². The zero-order valence-electron chi connectivity index (χ0n) is 17.3. The van der Waals surface area contributed by atoms with Crippen LogP contribution in [0.25, 0.3) is 10.2 Å². The second-order valence-corrected chi connectivity index (χ2v) is 9.74. The summed E-state index contributed by atoms with van der Waals surface area (Å²) >= 11 is 7.41. The average Bonchev–Trinajstić information content (AvgIpc) is 3.07. The van der Waals surface area contributed by atoms with Gasteiger partial charge in [0.25, 0.3) is 0 Å². The number of nitrogens with one attached hydrogen (secondary N) is 1. The van der Waals surface area contributed by atoms with Gasteiger partial charge in [0.2, 0.25) is 0 Å². The van der Waals surface area contributed by atoms with Gasteiger partial charge in [0.05, 0.1) is 22.8 Å². The van der Waals surface area contributed by atoms with Gasteiger partial charge in [0.1, 0.15) is 22.3 Å². The molecule has 1 aromatic carbocycles. The van der Waals surface area contributed by atoms with E-state index in [1.54, 1.807) is 11.0 Å². The van der Waals surface area contributed by atoms with Gasteiger partial charge < -0.3 is 15.0 Å². The zero-order valence-corrected chi connectivity index (χ0v) is 18.8. The number of carbonyl (C=O) groups is 1. The van der Waals surface area contributed by atoms with E-state index in [2.05, 4.69) is 16.4 Å². The number of nitriles is 1. The summed E-state index contributed by atoms with van der Waals surface area (Å²) in [6.45, 7) is 6.45. The summed E-state index contributed by atoms with van der Waals surface area (Å²) in [5.74, 6) is -0.511. The number of thiophene rings is 1. The Kier molecular flexibility index (Phi) is 5.50. The number of benzene rings is 1. The topological polar surface area (TPSA) is 78.2 Å². The Labute approximate surface area is 188 Å². The van der Waals surface area contributed by atoms with Crippen molar-refractivity contribution in [1.82, 2.24) is 9.88 Å². The molecule has 0 aliphatic carbocycles. The minimum absolute atomic E-state index is 0.00541. The van der Waals surface area contributed by atoms with Crippen LogP contribution in [0.4, 0.5) is 20.6 Å². The van der Waals surface area contributed by atoms with Gasteiger partial charge in [-0.1, -0.05) is 11.6 Å². The van der Waals surface area contributed by atoms with Crippen LogP contribution in [0.3, 0.4) is 0 Å². The van der Waals surface area contributed by atoms with Gasteiger partial charge in [0.15, 0.2) is 0 Å². The fraction of sp³-hybridized carbons (Fsp3) is 0.318. The Morgan fingerprint density at radius 1 is 1.42 bits per heavy atom. The molecule has 0 spiro atoms. The van der Waals surface area contributed by atoms with E-state index in [1.165, 1.54) is 29.7 Å². The van der Waals surface area contributed by atoms with E-state index in [-0.39, 0.29) is 11.1 Å². The van der Waals surface area contributed by atoms with Crippen molar-refractivity contribution < 1.29 is 13.9 Å². The summed E-state index contributed by atoms with van der Waals surface area (Å²) in [6, 6.07) is 6.49. The highest BCUT2D eigenvalue weighted by atomic mass is 35.5. The second kappa shape index (κ2) is 7.98. The molecule has 0 saturated carbocycles. The van der Waals surface area contributed by atoms with Gasteiger partial charge >= 0.3 is 6.09 Å². The van der Waals surface area contributed by atoms with Crippen LogP contribution in [0.1, 0.15) is 36.8 Å². The van der Waals surface area contributed by atoms with Gasteiger partial charge in [0, 0.05) is 28.7 Å². The van der Waals surface area contributed by atoms with Crippen molar-refractivity contribution in [3.8, 4) is 6.07 Å². The van der Waals surface area contributed by atoms with Gasteiger partial charge in [-0.15, -0.1) is 11.3 Å². The highest BCUT2D eigenvalue weighted by Gasteiger charge is 2.29. The first-order chi connectivity index (χ1) is 14.7. The van der Waals surface area contributed by atoms with E-state index in [9.17, 15) is 14.4 Å². The third-order valence-corrected chi connectivity index (χ3v) is 6.24. The molecule has 1 amide bonds. The van der Waals surface area contributed by atoms with Crippen LogP contribution in [0.5, 0.6) is 0 Å². The van der Waals surface area contributed by atoms with Crippen LogP contribution < -0.4 is 5.32 Å². The fourth-order valence-electron chi connectivity index (χ4n) is 3.48.